The van der Waals surface area contributed by atoms with Gasteiger partial charge in [0.2, 0.25) is 0 Å². The molecule has 4 aromatic rings. The monoisotopic (exact) mass is 564 g/mol. The average Bonchev–Trinajstić information content (AvgIpc) is 3.25. The smallest absolute Gasteiger partial charge is 0.407 e. The number of halogens is 3. The van der Waals surface area contributed by atoms with Gasteiger partial charge in [-0.25, -0.2) is 18.6 Å². The van der Waals surface area contributed by atoms with Gasteiger partial charge in [0.15, 0.2) is 6.29 Å². The van der Waals surface area contributed by atoms with Crippen LogP contribution in [0.1, 0.15) is 45.5 Å². The average molecular weight is 565 g/mol. The molecule has 0 unspecified atom stereocenters. The molecule has 9 heteroatoms. The number of carbonyl (C=O) groups excluding carboxylic acids is 2. The van der Waals surface area contributed by atoms with Crippen LogP contribution in [0.25, 0.3) is 11.1 Å². The number of nitrogens with one attached hydrogen (secondary N) is 1. The Labute approximate surface area is 233 Å². The van der Waals surface area contributed by atoms with Crippen molar-refractivity contribution >= 4 is 35.7 Å². The fourth-order valence-corrected chi connectivity index (χ4v) is 6.09. The van der Waals surface area contributed by atoms with Crippen LogP contribution in [0.4, 0.5) is 13.6 Å². The number of ether oxygens (including phenoxy) is 1. The number of hydrogen-bond donors (Lipinski definition) is 1. The highest BCUT2D eigenvalue weighted by Gasteiger charge is 2.31. The van der Waals surface area contributed by atoms with Crippen molar-refractivity contribution in [2.24, 2.45) is 0 Å². The molecule has 39 heavy (non-hydrogen) atoms. The van der Waals surface area contributed by atoms with Crippen molar-refractivity contribution in [1.29, 1.82) is 0 Å². The molecule has 0 saturated heterocycles. The van der Waals surface area contributed by atoms with E-state index in [4.69, 9.17) is 16.3 Å². The second-order valence-corrected chi connectivity index (χ2v) is 10.5. The number of alkyl halides is 2. The summed E-state index contributed by atoms with van der Waals surface area (Å²) < 4.78 is 34.8. The summed E-state index contributed by atoms with van der Waals surface area (Å²) in [7, 11) is 0. The maximum atomic E-state index is 14.6. The maximum Gasteiger partial charge on any atom is 0.407 e. The molecule has 0 fully saturated rings. The molecule has 1 heterocycles. The van der Waals surface area contributed by atoms with Crippen LogP contribution >= 0.6 is 23.4 Å². The van der Waals surface area contributed by atoms with E-state index in [2.05, 4.69) is 10.3 Å². The number of carbonyl (C=O) groups is 2. The van der Waals surface area contributed by atoms with Gasteiger partial charge in [-0.05, 0) is 46.0 Å². The van der Waals surface area contributed by atoms with Crippen molar-refractivity contribution in [3.05, 3.63) is 112 Å². The second kappa shape index (κ2) is 11.2. The lowest BCUT2D eigenvalue weighted by Gasteiger charge is -2.21. The maximum absolute atomic E-state index is 14.6. The number of pyridine rings is 1. The molecular formula is C30H23ClF2N2O3S. The van der Waals surface area contributed by atoms with Crippen LogP contribution in [0.5, 0.6) is 0 Å². The normalized spacial score (nSPS) is 12.5. The predicted molar refractivity (Wildman–Crippen MR) is 147 cm³/mol. The molecular weight excluding hydrogens is 542 g/mol. The van der Waals surface area contributed by atoms with Gasteiger partial charge in [0.25, 0.3) is 5.92 Å². The molecule has 0 aliphatic heterocycles. The summed E-state index contributed by atoms with van der Waals surface area (Å²) >= 11 is 7.42. The molecule has 0 saturated carbocycles. The number of aromatic nitrogens is 1. The SMILES string of the molecule is CC(F)(F)c1ccc(Cl)c(Sc2ncccc2C=O)c1CNC(=O)OCC1c2ccccc2-c2ccccc21. The zero-order chi connectivity index (χ0) is 27.6. The first-order valence-electron chi connectivity index (χ1n) is 12.1. The van der Waals surface area contributed by atoms with E-state index in [-0.39, 0.29) is 40.1 Å². The Morgan fingerprint density at radius 3 is 2.36 bits per heavy atom. The third-order valence-corrected chi connectivity index (χ3v) is 8.20. The number of nitrogens with zero attached hydrogens (tertiary/aromatic N) is 1. The molecule has 0 atom stereocenters. The molecule has 1 aliphatic carbocycles. The van der Waals surface area contributed by atoms with E-state index in [1.165, 1.54) is 18.3 Å². The second-order valence-electron chi connectivity index (χ2n) is 9.09. The van der Waals surface area contributed by atoms with Gasteiger partial charge in [0.1, 0.15) is 11.6 Å². The molecule has 0 spiro atoms. The number of alkyl carbamates (subject to hydrolysis) is 1. The fraction of sp³-hybridized carbons (Fsp3) is 0.167. The fourth-order valence-electron chi connectivity index (χ4n) is 4.78. The number of hydrogen-bond acceptors (Lipinski definition) is 5. The summed E-state index contributed by atoms with van der Waals surface area (Å²) in [4.78, 5) is 28.7. The van der Waals surface area contributed by atoms with E-state index >= 15 is 0 Å². The summed E-state index contributed by atoms with van der Waals surface area (Å²) in [6.45, 7) is 0.602. The number of aldehydes is 1. The van der Waals surface area contributed by atoms with Gasteiger partial charge < -0.3 is 10.1 Å². The molecule has 0 bridgehead atoms. The van der Waals surface area contributed by atoms with E-state index in [0.29, 0.717) is 16.9 Å². The molecule has 1 aliphatic rings. The van der Waals surface area contributed by atoms with Crippen molar-refractivity contribution < 1.29 is 23.1 Å². The Kier molecular flexibility index (Phi) is 7.68. The molecule has 0 radical (unpaired) electrons. The Balaban J connectivity index is 1.36. The first-order valence-corrected chi connectivity index (χ1v) is 13.3. The van der Waals surface area contributed by atoms with Crippen molar-refractivity contribution in [2.45, 2.75) is 35.2 Å². The highest BCUT2D eigenvalue weighted by Crippen LogP contribution is 2.45. The van der Waals surface area contributed by atoms with Crippen LogP contribution < -0.4 is 5.32 Å². The van der Waals surface area contributed by atoms with Crippen LogP contribution in [0.2, 0.25) is 5.02 Å². The summed E-state index contributed by atoms with van der Waals surface area (Å²) in [6, 6.07) is 21.7. The minimum Gasteiger partial charge on any atom is -0.449 e. The van der Waals surface area contributed by atoms with Crippen molar-refractivity contribution in [2.75, 3.05) is 6.61 Å². The van der Waals surface area contributed by atoms with Crippen LogP contribution in [0.3, 0.4) is 0 Å². The molecule has 198 valence electrons. The summed E-state index contributed by atoms with van der Waals surface area (Å²) in [6.07, 6.45) is 1.39. The standard InChI is InChI=1S/C30H23ClF2N2O3S/c1-30(32,33)25-12-13-26(31)27(39-28-18(16-36)7-6-14-34-28)23(25)15-35-29(37)38-17-24-21-10-4-2-8-19(21)20-9-3-5-11-22(20)24/h2-14,16,24H,15,17H2,1H3,(H,35,37). The third kappa shape index (κ3) is 5.53. The highest BCUT2D eigenvalue weighted by molar-refractivity contribution is 7.99. The van der Waals surface area contributed by atoms with E-state index in [1.54, 1.807) is 12.1 Å². The Morgan fingerprint density at radius 2 is 1.72 bits per heavy atom. The van der Waals surface area contributed by atoms with Crippen molar-refractivity contribution in [1.82, 2.24) is 10.3 Å². The number of benzene rings is 3. The first-order chi connectivity index (χ1) is 18.8. The van der Waals surface area contributed by atoms with Gasteiger partial charge in [0.05, 0.1) is 5.02 Å². The quantitative estimate of drug-likeness (QED) is 0.221. The van der Waals surface area contributed by atoms with Crippen LogP contribution in [-0.2, 0) is 17.2 Å². The Morgan fingerprint density at radius 1 is 1.05 bits per heavy atom. The first kappa shape index (κ1) is 26.8. The lowest BCUT2D eigenvalue weighted by atomic mass is 9.98. The molecule has 5 rings (SSSR count). The molecule has 1 N–H and O–H groups in total. The number of fused-ring (bicyclic) bond motifs is 3. The van der Waals surface area contributed by atoms with E-state index in [9.17, 15) is 18.4 Å². The topological polar surface area (TPSA) is 68.3 Å². The molecule has 5 nitrogen and oxygen atoms in total. The summed E-state index contributed by atoms with van der Waals surface area (Å²) in [5.41, 5.74) is 4.45. The number of amides is 1. The van der Waals surface area contributed by atoms with E-state index < -0.39 is 12.0 Å². The van der Waals surface area contributed by atoms with Crippen LogP contribution in [0, 0.1) is 0 Å². The summed E-state index contributed by atoms with van der Waals surface area (Å²) in [5, 5.41) is 3.12. The van der Waals surface area contributed by atoms with Gasteiger partial charge in [-0.3, -0.25) is 4.79 Å². The van der Waals surface area contributed by atoms with Gasteiger partial charge in [-0.2, -0.15) is 0 Å². The lowest BCUT2D eigenvalue weighted by Crippen LogP contribution is -2.27. The van der Waals surface area contributed by atoms with Gasteiger partial charge >= 0.3 is 6.09 Å². The zero-order valence-corrected chi connectivity index (χ0v) is 22.4. The van der Waals surface area contributed by atoms with Crippen molar-refractivity contribution in [3.63, 3.8) is 0 Å². The zero-order valence-electron chi connectivity index (χ0n) is 20.8. The molecule has 1 amide bonds. The predicted octanol–water partition coefficient (Wildman–Crippen LogP) is 7.85. The summed E-state index contributed by atoms with van der Waals surface area (Å²) in [5.74, 6) is -3.35. The van der Waals surface area contributed by atoms with Gasteiger partial charge in [-0.1, -0.05) is 78.0 Å². The highest BCUT2D eigenvalue weighted by atomic mass is 35.5. The largest absolute Gasteiger partial charge is 0.449 e. The molecule has 3 aromatic carbocycles. The number of rotatable bonds is 8. The third-order valence-electron chi connectivity index (χ3n) is 6.56. The van der Waals surface area contributed by atoms with Gasteiger partial charge in [-0.15, -0.1) is 0 Å². The van der Waals surface area contributed by atoms with E-state index in [1.807, 2.05) is 48.5 Å². The molecule has 1 aromatic heterocycles. The minimum atomic E-state index is -3.21. The van der Waals surface area contributed by atoms with Crippen molar-refractivity contribution in [3.8, 4) is 11.1 Å². The van der Waals surface area contributed by atoms with Crippen LogP contribution in [0.15, 0.2) is 88.9 Å². The Bertz CT molecular complexity index is 1510. The Hall–Kier alpha value is -3.75. The van der Waals surface area contributed by atoms with Gasteiger partial charge in [0, 0.05) is 41.6 Å². The van der Waals surface area contributed by atoms with Crippen LogP contribution in [-0.4, -0.2) is 24.0 Å². The van der Waals surface area contributed by atoms with E-state index in [0.717, 1.165) is 40.9 Å². The lowest BCUT2D eigenvalue weighted by molar-refractivity contribution is 0.0161. The minimum absolute atomic E-state index is 0.0877.